The first-order chi connectivity index (χ1) is 6.53. The van der Waals surface area contributed by atoms with Crippen molar-refractivity contribution in [2.45, 2.75) is 19.4 Å². The number of fused-ring (bicyclic) bond motifs is 1. The van der Waals surface area contributed by atoms with Gasteiger partial charge >= 0.3 is 0 Å². The predicted octanol–water partition coefficient (Wildman–Crippen LogP) is 1.88. The number of carbonyl (C=O) groups excluding carboxylic acids is 1. The number of hydrogen-bond acceptors (Lipinski definition) is 2. The van der Waals surface area contributed by atoms with Crippen molar-refractivity contribution < 1.29 is 9.90 Å². The molecule has 1 aromatic carbocycles. The minimum absolute atomic E-state index is 0.242. The molecular formula is C12H12O2. The van der Waals surface area contributed by atoms with Crippen molar-refractivity contribution in [1.29, 1.82) is 0 Å². The van der Waals surface area contributed by atoms with Crippen LogP contribution < -0.4 is 0 Å². The lowest BCUT2D eigenvalue weighted by molar-refractivity contribution is -0.131. The minimum atomic E-state index is -1.36. The summed E-state index contributed by atoms with van der Waals surface area (Å²) in [6, 6.07) is 7.45. The highest BCUT2D eigenvalue weighted by Crippen LogP contribution is 2.34. The SMILES string of the molecule is CC1=CC(=O)C(C)(O)c2ccccc21. The fraction of sp³-hybridized carbons (Fsp3) is 0.250. The van der Waals surface area contributed by atoms with Crippen LogP contribution in [-0.4, -0.2) is 10.9 Å². The molecule has 2 heteroatoms. The highest BCUT2D eigenvalue weighted by atomic mass is 16.3. The molecule has 2 nitrogen and oxygen atoms in total. The number of allylic oxidation sites excluding steroid dienone is 1. The number of benzene rings is 1. The van der Waals surface area contributed by atoms with Gasteiger partial charge in [-0.05, 0) is 36.6 Å². The van der Waals surface area contributed by atoms with Crippen molar-refractivity contribution in [3.63, 3.8) is 0 Å². The van der Waals surface area contributed by atoms with Gasteiger partial charge in [0.25, 0.3) is 0 Å². The summed E-state index contributed by atoms with van der Waals surface area (Å²) in [5.74, 6) is -0.242. The number of rotatable bonds is 0. The average Bonchev–Trinajstić information content (AvgIpc) is 2.16. The van der Waals surface area contributed by atoms with Crippen molar-refractivity contribution in [2.24, 2.45) is 0 Å². The summed E-state index contributed by atoms with van der Waals surface area (Å²) in [5.41, 5.74) is 1.20. The first-order valence-electron chi connectivity index (χ1n) is 4.58. The molecule has 0 fully saturated rings. The van der Waals surface area contributed by atoms with Crippen LogP contribution in [0.3, 0.4) is 0 Å². The Hall–Kier alpha value is -1.41. The third kappa shape index (κ3) is 1.11. The molecule has 0 saturated heterocycles. The van der Waals surface area contributed by atoms with Crippen LogP contribution in [0.1, 0.15) is 25.0 Å². The van der Waals surface area contributed by atoms with Gasteiger partial charge in [-0.15, -0.1) is 0 Å². The Labute approximate surface area is 82.9 Å². The number of ketones is 1. The van der Waals surface area contributed by atoms with Gasteiger partial charge in [-0.3, -0.25) is 4.79 Å². The minimum Gasteiger partial charge on any atom is -0.377 e. The summed E-state index contributed by atoms with van der Waals surface area (Å²) in [6.45, 7) is 3.42. The molecule has 1 atom stereocenters. The van der Waals surface area contributed by atoms with Crippen LogP contribution >= 0.6 is 0 Å². The van der Waals surface area contributed by atoms with Crippen molar-refractivity contribution in [3.05, 3.63) is 41.5 Å². The maximum Gasteiger partial charge on any atom is 0.191 e. The monoisotopic (exact) mass is 188 g/mol. The molecule has 0 bridgehead atoms. The zero-order chi connectivity index (χ0) is 10.3. The summed E-state index contributed by atoms with van der Waals surface area (Å²) in [6.07, 6.45) is 1.50. The van der Waals surface area contributed by atoms with Crippen LogP contribution in [0.4, 0.5) is 0 Å². The van der Waals surface area contributed by atoms with Crippen LogP contribution in [0.25, 0.3) is 5.57 Å². The second-order valence-electron chi connectivity index (χ2n) is 3.81. The molecule has 1 N–H and O–H groups in total. The molecule has 2 rings (SSSR count). The maximum absolute atomic E-state index is 11.6. The summed E-state index contributed by atoms with van der Waals surface area (Å²) >= 11 is 0. The smallest absolute Gasteiger partial charge is 0.191 e. The van der Waals surface area contributed by atoms with E-state index in [1.54, 1.807) is 6.07 Å². The molecule has 1 aliphatic rings. The largest absolute Gasteiger partial charge is 0.377 e. The Balaban J connectivity index is 2.73. The van der Waals surface area contributed by atoms with E-state index < -0.39 is 5.60 Å². The van der Waals surface area contributed by atoms with Crippen LogP contribution in [-0.2, 0) is 10.4 Å². The number of aliphatic hydroxyl groups is 1. The number of carbonyl (C=O) groups is 1. The third-order valence-electron chi connectivity index (χ3n) is 2.70. The normalized spacial score (nSPS) is 25.6. The van der Waals surface area contributed by atoms with E-state index >= 15 is 0 Å². The highest BCUT2D eigenvalue weighted by Gasteiger charge is 2.35. The van der Waals surface area contributed by atoms with Crippen LogP contribution in [0.5, 0.6) is 0 Å². The van der Waals surface area contributed by atoms with Gasteiger partial charge in [0.05, 0.1) is 0 Å². The summed E-state index contributed by atoms with van der Waals surface area (Å²) in [5, 5.41) is 10.0. The van der Waals surface area contributed by atoms with Gasteiger partial charge in [0.2, 0.25) is 0 Å². The van der Waals surface area contributed by atoms with Gasteiger partial charge in [0.15, 0.2) is 5.78 Å². The second kappa shape index (κ2) is 2.79. The Kier molecular flexibility index (Phi) is 1.82. The van der Waals surface area contributed by atoms with Crippen LogP contribution in [0.2, 0.25) is 0 Å². The molecule has 0 amide bonds. The topological polar surface area (TPSA) is 37.3 Å². The molecule has 0 spiro atoms. The van der Waals surface area contributed by atoms with Crippen molar-refractivity contribution in [1.82, 2.24) is 0 Å². The van der Waals surface area contributed by atoms with E-state index in [0.29, 0.717) is 5.56 Å². The molecule has 0 heterocycles. The van der Waals surface area contributed by atoms with Gasteiger partial charge in [0.1, 0.15) is 5.60 Å². The third-order valence-corrected chi connectivity index (χ3v) is 2.70. The zero-order valence-corrected chi connectivity index (χ0v) is 8.24. The predicted molar refractivity (Wildman–Crippen MR) is 54.7 cm³/mol. The fourth-order valence-electron chi connectivity index (χ4n) is 1.80. The molecule has 14 heavy (non-hydrogen) atoms. The molecule has 0 aromatic heterocycles. The Morgan fingerprint density at radius 1 is 1.29 bits per heavy atom. The molecule has 1 aliphatic carbocycles. The molecule has 0 saturated carbocycles. The summed E-state index contributed by atoms with van der Waals surface area (Å²) in [7, 11) is 0. The van der Waals surface area contributed by atoms with E-state index in [1.807, 2.05) is 25.1 Å². The Morgan fingerprint density at radius 3 is 2.64 bits per heavy atom. The van der Waals surface area contributed by atoms with Gasteiger partial charge < -0.3 is 5.11 Å². The standard InChI is InChI=1S/C12H12O2/c1-8-7-11(13)12(2,14)10-6-4-3-5-9(8)10/h3-7,14H,1-2H3. The zero-order valence-electron chi connectivity index (χ0n) is 8.24. The van der Waals surface area contributed by atoms with E-state index in [0.717, 1.165) is 11.1 Å². The lowest BCUT2D eigenvalue weighted by Gasteiger charge is -2.28. The van der Waals surface area contributed by atoms with E-state index in [-0.39, 0.29) is 5.78 Å². The molecule has 1 unspecified atom stereocenters. The van der Waals surface area contributed by atoms with E-state index in [2.05, 4.69) is 0 Å². The van der Waals surface area contributed by atoms with Crippen LogP contribution in [0, 0.1) is 0 Å². The Morgan fingerprint density at radius 2 is 1.93 bits per heavy atom. The van der Waals surface area contributed by atoms with Gasteiger partial charge in [-0.2, -0.15) is 0 Å². The van der Waals surface area contributed by atoms with Gasteiger partial charge in [-0.1, -0.05) is 24.3 Å². The Bertz CT molecular complexity index is 428. The molecule has 72 valence electrons. The van der Waals surface area contributed by atoms with Crippen molar-refractivity contribution in [2.75, 3.05) is 0 Å². The fourth-order valence-corrected chi connectivity index (χ4v) is 1.80. The average molecular weight is 188 g/mol. The van der Waals surface area contributed by atoms with Crippen molar-refractivity contribution in [3.8, 4) is 0 Å². The number of hydrogen-bond donors (Lipinski definition) is 1. The second-order valence-corrected chi connectivity index (χ2v) is 3.81. The summed E-state index contributed by atoms with van der Waals surface area (Å²) < 4.78 is 0. The first-order valence-corrected chi connectivity index (χ1v) is 4.58. The first kappa shape index (κ1) is 9.16. The lowest BCUT2D eigenvalue weighted by atomic mass is 9.80. The van der Waals surface area contributed by atoms with Crippen molar-refractivity contribution >= 4 is 11.4 Å². The van der Waals surface area contributed by atoms with E-state index in [4.69, 9.17) is 0 Å². The molecule has 0 radical (unpaired) electrons. The van der Waals surface area contributed by atoms with E-state index in [9.17, 15) is 9.90 Å². The van der Waals surface area contributed by atoms with Gasteiger partial charge in [0, 0.05) is 0 Å². The lowest BCUT2D eigenvalue weighted by Crippen LogP contribution is -2.34. The highest BCUT2D eigenvalue weighted by molar-refractivity contribution is 6.06. The van der Waals surface area contributed by atoms with Crippen LogP contribution in [0.15, 0.2) is 30.3 Å². The molecule has 0 aliphatic heterocycles. The quantitative estimate of drug-likeness (QED) is 0.675. The molecule has 1 aromatic rings. The maximum atomic E-state index is 11.6. The summed E-state index contributed by atoms with van der Waals surface area (Å²) in [4.78, 5) is 11.6. The molecular weight excluding hydrogens is 176 g/mol. The van der Waals surface area contributed by atoms with E-state index in [1.165, 1.54) is 13.0 Å². The van der Waals surface area contributed by atoms with Gasteiger partial charge in [-0.25, -0.2) is 0 Å².